The van der Waals surface area contributed by atoms with Crippen LogP contribution >= 0.6 is 0 Å². The van der Waals surface area contributed by atoms with Crippen molar-refractivity contribution in [1.29, 1.82) is 0 Å². The molecule has 1 aliphatic heterocycles. The molecule has 0 radical (unpaired) electrons. The molecule has 1 amide bonds. The number of hydrogen-bond acceptors (Lipinski definition) is 5. The lowest BCUT2D eigenvalue weighted by molar-refractivity contribution is -0.137. The van der Waals surface area contributed by atoms with E-state index < -0.39 is 39.5 Å². The first kappa shape index (κ1) is 26.3. The van der Waals surface area contributed by atoms with Crippen LogP contribution in [-0.4, -0.2) is 43.2 Å². The van der Waals surface area contributed by atoms with Crippen molar-refractivity contribution in [3.63, 3.8) is 0 Å². The number of carbonyl (C=O) groups is 1. The summed E-state index contributed by atoms with van der Waals surface area (Å²) in [5.74, 6) is -0.719. The largest absolute Gasteiger partial charge is 0.416 e. The van der Waals surface area contributed by atoms with Gasteiger partial charge in [-0.3, -0.25) is 4.79 Å². The van der Waals surface area contributed by atoms with Crippen LogP contribution in [-0.2, 0) is 27.5 Å². The second kappa shape index (κ2) is 10.3. The highest BCUT2D eigenvalue weighted by atomic mass is 32.2. The van der Waals surface area contributed by atoms with Gasteiger partial charge < -0.3 is 10.6 Å². The van der Waals surface area contributed by atoms with Gasteiger partial charge in [-0.2, -0.15) is 17.5 Å². The SMILES string of the molecule is CNc1cc(CNC(=O)[C@@H]2C=CCN2S(=O)(=O)c2ccc(F)cc2)cc(-c2ccc(C(F)(F)F)cc2)n1. The molecule has 7 nitrogen and oxygen atoms in total. The minimum atomic E-state index is -4.46. The Hall–Kier alpha value is -3.77. The van der Waals surface area contributed by atoms with E-state index in [0.29, 0.717) is 22.6 Å². The highest BCUT2D eigenvalue weighted by Gasteiger charge is 2.36. The molecule has 194 valence electrons. The lowest BCUT2D eigenvalue weighted by Crippen LogP contribution is -2.45. The zero-order chi connectivity index (χ0) is 26.8. The maximum Gasteiger partial charge on any atom is 0.416 e. The number of amides is 1. The van der Waals surface area contributed by atoms with Gasteiger partial charge >= 0.3 is 6.18 Å². The van der Waals surface area contributed by atoms with E-state index in [4.69, 9.17) is 0 Å². The average molecular weight is 535 g/mol. The third-order valence-corrected chi connectivity index (χ3v) is 7.58. The summed E-state index contributed by atoms with van der Waals surface area (Å²) in [7, 11) is -2.43. The zero-order valence-corrected chi connectivity index (χ0v) is 20.3. The first-order valence-corrected chi connectivity index (χ1v) is 12.5. The molecule has 1 aliphatic rings. The lowest BCUT2D eigenvalue weighted by Gasteiger charge is -2.23. The summed E-state index contributed by atoms with van der Waals surface area (Å²) in [4.78, 5) is 17.2. The summed E-state index contributed by atoms with van der Waals surface area (Å²) in [6.07, 6.45) is -1.43. The van der Waals surface area contributed by atoms with Gasteiger partial charge in [-0.15, -0.1) is 0 Å². The molecule has 1 atom stereocenters. The van der Waals surface area contributed by atoms with Crippen LogP contribution in [0.3, 0.4) is 0 Å². The van der Waals surface area contributed by atoms with E-state index in [2.05, 4.69) is 15.6 Å². The van der Waals surface area contributed by atoms with Crippen LogP contribution in [0.4, 0.5) is 23.4 Å². The molecule has 0 bridgehead atoms. The van der Waals surface area contributed by atoms with Crippen LogP contribution in [0.1, 0.15) is 11.1 Å². The van der Waals surface area contributed by atoms with Crippen LogP contribution in [0, 0.1) is 5.82 Å². The molecule has 4 rings (SSSR count). The number of aromatic nitrogens is 1. The third kappa shape index (κ3) is 5.81. The van der Waals surface area contributed by atoms with Gasteiger partial charge in [-0.1, -0.05) is 24.3 Å². The Bertz CT molecular complexity index is 1420. The third-order valence-electron chi connectivity index (χ3n) is 5.72. The first-order chi connectivity index (χ1) is 17.5. The van der Waals surface area contributed by atoms with Crippen LogP contribution in [0.25, 0.3) is 11.3 Å². The van der Waals surface area contributed by atoms with Crippen molar-refractivity contribution in [2.75, 3.05) is 18.9 Å². The van der Waals surface area contributed by atoms with Crippen molar-refractivity contribution in [2.24, 2.45) is 0 Å². The summed E-state index contributed by atoms with van der Waals surface area (Å²) in [6.45, 7) is -0.00648. The number of rotatable bonds is 7. The second-order valence-electron chi connectivity index (χ2n) is 8.19. The molecule has 3 aromatic rings. The highest BCUT2D eigenvalue weighted by molar-refractivity contribution is 7.89. The second-order valence-corrected chi connectivity index (χ2v) is 10.1. The molecule has 2 aromatic carbocycles. The van der Waals surface area contributed by atoms with E-state index in [9.17, 15) is 30.8 Å². The normalized spacial score (nSPS) is 16.1. The number of hydrogen-bond donors (Lipinski definition) is 2. The number of sulfonamides is 1. The van der Waals surface area contributed by atoms with Crippen molar-refractivity contribution in [3.8, 4) is 11.3 Å². The number of alkyl halides is 3. The molecule has 12 heteroatoms. The van der Waals surface area contributed by atoms with Gasteiger partial charge in [-0.05, 0) is 54.1 Å². The van der Waals surface area contributed by atoms with Gasteiger partial charge in [0.2, 0.25) is 15.9 Å². The van der Waals surface area contributed by atoms with E-state index in [-0.39, 0.29) is 18.0 Å². The van der Waals surface area contributed by atoms with Gasteiger partial charge in [0.05, 0.1) is 16.2 Å². The summed E-state index contributed by atoms with van der Waals surface area (Å²) in [6, 6.07) is 11.1. The Labute approximate surface area is 210 Å². The van der Waals surface area contributed by atoms with E-state index in [0.717, 1.165) is 40.7 Å². The molecular formula is C25H22F4N4O3S. The lowest BCUT2D eigenvalue weighted by atomic mass is 10.1. The van der Waals surface area contributed by atoms with Crippen molar-refractivity contribution >= 4 is 21.7 Å². The monoisotopic (exact) mass is 534 g/mol. The molecule has 2 N–H and O–H groups in total. The maximum absolute atomic E-state index is 13.2. The number of carbonyl (C=O) groups excluding carboxylic acids is 1. The maximum atomic E-state index is 13.2. The summed E-state index contributed by atoms with van der Waals surface area (Å²) in [5.41, 5.74) is 0.662. The Morgan fingerprint density at radius 1 is 1.08 bits per heavy atom. The van der Waals surface area contributed by atoms with E-state index >= 15 is 0 Å². The standard InChI is InChI=1S/C25H22F4N4O3S/c1-30-23-14-16(13-21(32-23)17-4-6-18(7-5-17)25(27,28)29)15-31-24(34)22-3-2-12-33(22)37(35,36)20-10-8-19(26)9-11-20/h2-11,13-14,22H,12,15H2,1H3,(H,30,32)(H,31,34)/t22-/m0/s1. The molecule has 1 aromatic heterocycles. The molecule has 0 spiro atoms. The molecule has 37 heavy (non-hydrogen) atoms. The Morgan fingerprint density at radius 3 is 2.38 bits per heavy atom. The smallest absolute Gasteiger partial charge is 0.373 e. The van der Waals surface area contributed by atoms with Gasteiger partial charge in [0.25, 0.3) is 0 Å². The van der Waals surface area contributed by atoms with Gasteiger partial charge in [0.15, 0.2) is 0 Å². The highest BCUT2D eigenvalue weighted by Crippen LogP contribution is 2.31. The Morgan fingerprint density at radius 2 is 1.76 bits per heavy atom. The summed E-state index contributed by atoms with van der Waals surface area (Å²) >= 11 is 0. The Balaban J connectivity index is 1.50. The number of pyridine rings is 1. The van der Waals surface area contributed by atoms with Crippen molar-refractivity contribution in [1.82, 2.24) is 14.6 Å². The van der Waals surface area contributed by atoms with E-state index in [1.165, 1.54) is 18.2 Å². The van der Waals surface area contributed by atoms with Gasteiger partial charge in [0.1, 0.15) is 17.7 Å². The van der Waals surface area contributed by atoms with Gasteiger partial charge in [0, 0.05) is 25.7 Å². The quantitative estimate of drug-likeness (QED) is 0.350. The molecule has 0 fully saturated rings. The van der Waals surface area contributed by atoms with Crippen LogP contribution in [0.5, 0.6) is 0 Å². The molecule has 2 heterocycles. The number of halogens is 4. The van der Waals surface area contributed by atoms with Crippen LogP contribution in [0.15, 0.2) is 77.7 Å². The minimum Gasteiger partial charge on any atom is -0.373 e. The number of benzene rings is 2. The average Bonchev–Trinajstić information content (AvgIpc) is 3.38. The first-order valence-electron chi connectivity index (χ1n) is 11.1. The predicted molar refractivity (Wildman–Crippen MR) is 129 cm³/mol. The van der Waals surface area contributed by atoms with Crippen molar-refractivity contribution in [2.45, 2.75) is 23.7 Å². The van der Waals surface area contributed by atoms with Crippen LogP contribution in [0.2, 0.25) is 0 Å². The fourth-order valence-corrected chi connectivity index (χ4v) is 5.30. The number of nitrogens with zero attached hydrogens (tertiary/aromatic N) is 2. The zero-order valence-electron chi connectivity index (χ0n) is 19.5. The van der Waals surface area contributed by atoms with Gasteiger partial charge in [-0.25, -0.2) is 17.8 Å². The summed E-state index contributed by atoms with van der Waals surface area (Å²) in [5, 5.41) is 5.58. The fourth-order valence-electron chi connectivity index (χ4n) is 3.80. The molecule has 0 unspecified atom stereocenters. The molecule has 0 aliphatic carbocycles. The minimum absolute atomic E-state index is 0.0123. The van der Waals surface area contributed by atoms with Crippen LogP contribution < -0.4 is 10.6 Å². The number of anilines is 1. The number of nitrogens with one attached hydrogen (secondary N) is 2. The van der Waals surface area contributed by atoms with Crippen molar-refractivity contribution < 1.29 is 30.8 Å². The molecule has 0 saturated heterocycles. The van der Waals surface area contributed by atoms with Crippen molar-refractivity contribution in [3.05, 3.63) is 89.8 Å². The topological polar surface area (TPSA) is 91.4 Å². The summed E-state index contributed by atoms with van der Waals surface area (Å²) < 4.78 is 78.9. The molecule has 0 saturated carbocycles. The fraction of sp³-hybridized carbons (Fsp3) is 0.200. The predicted octanol–water partition coefficient (Wildman–Crippen LogP) is 4.19. The van der Waals surface area contributed by atoms with E-state index in [1.807, 2.05) is 0 Å². The van der Waals surface area contributed by atoms with E-state index in [1.54, 1.807) is 25.3 Å². The molecular weight excluding hydrogens is 512 g/mol. The Kier molecular flexibility index (Phi) is 7.32.